The first-order chi connectivity index (χ1) is 12.8. The summed E-state index contributed by atoms with van der Waals surface area (Å²) in [6.45, 7) is 1.73. The van der Waals surface area contributed by atoms with Crippen molar-refractivity contribution in [3.8, 4) is 6.07 Å². The number of hydrogen-bond donors (Lipinski definition) is 1. The van der Waals surface area contributed by atoms with Gasteiger partial charge in [-0.15, -0.1) is 0 Å². The average molecular weight is 388 g/mol. The number of benzene rings is 2. The first kappa shape index (κ1) is 18.8. The number of piperazine rings is 1. The van der Waals surface area contributed by atoms with Crippen LogP contribution in [0.5, 0.6) is 0 Å². The van der Waals surface area contributed by atoms with E-state index < -0.39 is 15.8 Å². The lowest BCUT2D eigenvalue weighted by atomic mass is 10.1. The second-order valence-corrected chi connectivity index (χ2v) is 7.69. The van der Waals surface area contributed by atoms with Gasteiger partial charge in [0, 0.05) is 31.7 Å². The number of rotatable bonds is 3. The summed E-state index contributed by atoms with van der Waals surface area (Å²) >= 11 is 0. The van der Waals surface area contributed by atoms with Crippen LogP contribution in [0.4, 0.5) is 10.1 Å². The molecule has 0 aromatic heterocycles. The van der Waals surface area contributed by atoms with Gasteiger partial charge in [0.2, 0.25) is 10.0 Å². The second-order valence-electron chi connectivity index (χ2n) is 6.13. The van der Waals surface area contributed by atoms with Crippen LogP contribution in [0.25, 0.3) is 0 Å². The first-order valence-electron chi connectivity index (χ1n) is 8.16. The highest BCUT2D eigenvalue weighted by molar-refractivity contribution is 7.89. The molecule has 1 aliphatic rings. The summed E-state index contributed by atoms with van der Waals surface area (Å²) in [4.78, 5) is 15.9. The fraction of sp³-hybridized carbons (Fsp3) is 0.222. The number of carbonyl (C=O) groups excluding carboxylic acids is 1. The predicted octanol–water partition coefficient (Wildman–Crippen LogP) is 1.31. The molecule has 2 aromatic rings. The summed E-state index contributed by atoms with van der Waals surface area (Å²) in [6, 6.07) is 11.7. The summed E-state index contributed by atoms with van der Waals surface area (Å²) in [7, 11) is -3.89. The van der Waals surface area contributed by atoms with E-state index in [1.807, 2.05) is 11.0 Å². The summed E-state index contributed by atoms with van der Waals surface area (Å²) in [5, 5.41) is 14.4. The number of primary sulfonamides is 1. The number of halogens is 1. The minimum absolute atomic E-state index is 0.122. The molecule has 0 spiro atoms. The van der Waals surface area contributed by atoms with Crippen molar-refractivity contribution in [1.29, 1.82) is 5.26 Å². The zero-order valence-corrected chi connectivity index (χ0v) is 15.1. The van der Waals surface area contributed by atoms with Crippen molar-refractivity contribution >= 4 is 21.6 Å². The quantitative estimate of drug-likeness (QED) is 0.853. The molecule has 1 saturated heterocycles. The van der Waals surface area contributed by atoms with Gasteiger partial charge in [-0.1, -0.05) is 6.07 Å². The molecule has 0 bridgehead atoms. The third kappa shape index (κ3) is 4.07. The second kappa shape index (κ2) is 7.34. The van der Waals surface area contributed by atoms with Crippen molar-refractivity contribution in [2.45, 2.75) is 4.90 Å². The van der Waals surface area contributed by atoms with Crippen molar-refractivity contribution in [1.82, 2.24) is 4.90 Å². The molecule has 0 unspecified atom stereocenters. The Bertz CT molecular complexity index is 1030. The van der Waals surface area contributed by atoms with Gasteiger partial charge in [-0.2, -0.15) is 5.26 Å². The highest BCUT2D eigenvalue weighted by atomic mass is 32.2. The number of sulfonamides is 1. The molecule has 0 saturated carbocycles. The number of nitrogens with zero attached hydrogens (tertiary/aromatic N) is 3. The van der Waals surface area contributed by atoms with Crippen molar-refractivity contribution in [2.24, 2.45) is 5.14 Å². The fourth-order valence-corrected chi connectivity index (χ4v) is 3.55. The lowest BCUT2D eigenvalue weighted by Gasteiger charge is -2.36. The van der Waals surface area contributed by atoms with Gasteiger partial charge < -0.3 is 9.80 Å². The van der Waals surface area contributed by atoms with Crippen LogP contribution in [0.3, 0.4) is 0 Å². The lowest BCUT2D eigenvalue weighted by Crippen LogP contribution is -2.49. The van der Waals surface area contributed by atoms with Gasteiger partial charge in [-0.05, 0) is 36.4 Å². The Labute approximate surface area is 156 Å². The Morgan fingerprint density at radius 2 is 1.81 bits per heavy atom. The van der Waals surface area contributed by atoms with Crippen molar-refractivity contribution in [3.05, 3.63) is 59.4 Å². The van der Waals surface area contributed by atoms with E-state index in [9.17, 15) is 22.9 Å². The molecule has 1 aliphatic heterocycles. The molecule has 27 heavy (non-hydrogen) atoms. The van der Waals surface area contributed by atoms with Crippen LogP contribution >= 0.6 is 0 Å². The maximum atomic E-state index is 13.3. The summed E-state index contributed by atoms with van der Waals surface area (Å²) in [5.41, 5.74) is 1.08. The van der Waals surface area contributed by atoms with Gasteiger partial charge in [-0.25, -0.2) is 17.9 Å². The monoisotopic (exact) mass is 388 g/mol. The molecular weight excluding hydrogens is 371 g/mol. The van der Waals surface area contributed by atoms with E-state index in [2.05, 4.69) is 0 Å². The number of nitriles is 1. The molecular formula is C18H17FN4O3S. The Hall–Kier alpha value is -2.96. The Morgan fingerprint density at radius 1 is 1.11 bits per heavy atom. The zero-order valence-electron chi connectivity index (χ0n) is 14.3. The van der Waals surface area contributed by atoms with Crippen LogP contribution in [0.2, 0.25) is 0 Å². The number of carbonyl (C=O) groups is 1. The van der Waals surface area contributed by atoms with Gasteiger partial charge in [-0.3, -0.25) is 4.79 Å². The van der Waals surface area contributed by atoms with Crippen LogP contribution in [-0.2, 0) is 10.0 Å². The van der Waals surface area contributed by atoms with Crippen molar-refractivity contribution in [2.75, 3.05) is 31.1 Å². The molecule has 0 atom stereocenters. The first-order valence-corrected chi connectivity index (χ1v) is 9.71. The van der Waals surface area contributed by atoms with E-state index in [-0.39, 0.29) is 16.4 Å². The maximum Gasteiger partial charge on any atom is 0.254 e. The zero-order chi connectivity index (χ0) is 19.6. The number of nitrogens with two attached hydrogens (primary N) is 1. The minimum atomic E-state index is -3.89. The molecule has 140 valence electrons. The molecule has 7 nitrogen and oxygen atoms in total. The minimum Gasteiger partial charge on any atom is -0.367 e. The van der Waals surface area contributed by atoms with E-state index in [1.54, 1.807) is 17.0 Å². The van der Waals surface area contributed by atoms with E-state index in [1.165, 1.54) is 30.3 Å². The SMILES string of the molecule is N#Cc1cc(S(N)(=O)=O)ccc1N1CCN(C(=O)c2cccc(F)c2)CC1. The standard InChI is InChI=1S/C18H17FN4O3S/c19-15-3-1-2-13(10-15)18(24)23-8-6-22(7-9-23)17-5-4-16(27(21,25)26)11-14(17)12-20/h1-5,10-11H,6-9H2,(H2,21,25,26). The Balaban J connectivity index is 1.74. The van der Waals surface area contributed by atoms with Crippen LogP contribution < -0.4 is 10.0 Å². The van der Waals surface area contributed by atoms with Gasteiger partial charge in [0.25, 0.3) is 5.91 Å². The molecule has 1 fully saturated rings. The lowest BCUT2D eigenvalue weighted by molar-refractivity contribution is 0.0746. The molecule has 1 amide bonds. The molecule has 3 rings (SSSR count). The highest BCUT2D eigenvalue weighted by Gasteiger charge is 2.24. The number of amides is 1. The Morgan fingerprint density at radius 3 is 2.41 bits per heavy atom. The molecule has 2 aromatic carbocycles. The highest BCUT2D eigenvalue weighted by Crippen LogP contribution is 2.24. The van der Waals surface area contributed by atoms with Gasteiger partial charge in [0.1, 0.15) is 11.9 Å². The van der Waals surface area contributed by atoms with Gasteiger partial charge in [0.05, 0.1) is 16.1 Å². The van der Waals surface area contributed by atoms with E-state index in [0.717, 1.165) is 0 Å². The molecule has 0 aliphatic carbocycles. The third-order valence-corrected chi connectivity index (χ3v) is 5.31. The van der Waals surface area contributed by atoms with Crippen LogP contribution in [0.1, 0.15) is 15.9 Å². The maximum absolute atomic E-state index is 13.3. The van der Waals surface area contributed by atoms with E-state index >= 15 is 0 Å². The Kier molecular flexibility index (Phi) is 5.12. The molecule has 0 radical (unpaired) electrons. The largest absolute Gasteiger partial charge is 0.367 e. The normalized spacial score (nSPS) is 14.7. The van der Waals surface area contributed by atoms with Crippen LogP contribution in [-0.4, -0.2) is 45.4 Å². The van der Waals surface area contributed by atoms with E-state index in [0.29, 0.717) is 37.4 Å². The topological polar surface area (TPSA) is 107 Å². The van der Waals surface area contributed by atoms with E-state index in [4.69, 9.17) is 5.14 Å². The van der Waals surface area contributed by atoms with Crippen LogP contribution in [0, 0.1) is 17.1 Å². The third-order valence-electron chi connectivity index (χ3n) is 4.40. The predicted molar refractivity (Wildman–Crippen MR) is 97.0 cm³/mol. The smallest absolute Gasteiger partial charge is 0.254 e. The van der Waals surface area contributed by atoms with Crippen LogP contribution in [0.15, 0.2) is 47.4 Å². The van der Waals surface area contributed by atoms with Crippen molar-refractivity contribution in [3.63, 3.8) is 0 Å². The molecule has 1 heterocycles. The number of anilines is 1. The average Bonchev–Trinajstić information content (AvgIpc) is 2.66. The number of hydrogen-bond acceptors (Lipinski definition) is 5. The summed E-state index contributed by atoms with van der Waals surface area (Å²) in [5.74, 6) is -0.715. The van der Waals surface area contributed by atoms with Gasteiger partial charge in [0.15, 0.2) is 0 Å². The fourth-order valence-electron chi connectivity index (χ4n) is 3.01. The molecule has 9 heteroatoms. The molecule has 2 N–H and O–H groups in total. The van der Waals surface area contributed by atoms with Crippen molar-refractivity contribution < 1.29 is 17.6 Å². The summed E-state index contributed by atoms with van der Waals surface area (Å²) in [6.07, 6.45) is 0. The van der Waals surface area contributed by atoms with Gasteiger partial charge >= 0.3 is 0 Å². The summed E-state index contributed by atoms with van der Waals surface area (Å²) < 4.78 is 36.2.